The average Bonchev–Trinajstić information content (AvgIpc) is 2.53. The van der Waals surface area contributed by atoms with Gasteiger partial charge in [-0.1, -0.05) is 28.1 Å². The van der Waals surface area contributed by atoms with Gasteiger partial charge in [0.2, 0.25) is 5.91 Å². The zero-order valence-electron chi connectivity index (χ0n) is 9.78. The summed E-state index contributed by atoms with van der Waals surface area (Å²) in [5.74, 6) is 0.0874. The summed E-state index contributed by atoms with van der Waals surface area (Å²) in [4.78, 5) is 13.9. The molecule has 1 fully saturated rings. The molecule has 96 valence electrons. The molecule has 1 saturated heterocycles. The number of nitrogens with two attached hydrogens (primary N) is 1. The van der Waals surface area contributed by atoms with Crippen LogP contribution < -0.4 is 16.0 Å². The lowest BCUT2D eigenvalue weighted by Gasteiger charge is -2.24. The van der Waals surface area contributed by atoms with Gasteiger partial charge in [-0.2, -0.15) is 0 Å². The lowest BCUT2D eigenvalue weighted by atomic mass is 10.1. The summed E-state index contributed by atoms with van der Waals surface area (Å²) in [7, 11) is 0. The predicted molar refractivity (Wildman–Crippen MR) is 79.9 cm³/mol. The van der Waals surface area contributed by atoms with E-state index in [-0.39, 0.29) is 5.91 Å². The second kappa shape index (κ2) is 5.67. The number of rotatable bonds is 2. The van der Waals surface area contributed by atoms with Gasteiger partial charge >= 0.3 is 0 Å². The van der Waals surface area contributed by atoms with E-state index in [4.69, 9.17) is 18.0 Å². The molecule has 0 saturated carbocycles. The van der Waals surface area contributed by atoms with Crippen molar-refractivity contribution in [1.29, 1.82) is 0 Å². The number of halogens is 1. The van der Waals surface area contributed by atoms with Gasteiger partial charge in [0.25, 0.3) is 0 Å². The summed E-state index contributed by atoms with van der Waals surface area (Å²) < 4.78 is 0.973. The fourth-order valence-electron chi connectivity index (χ4n) is 1.98. The number of amides is 1. The number of carbonyl (C=O) groups excluding carboxylic acids is 1. The Morgan fingerprint density at radius 3 is 2.94 bits per heavy atom. The van der Waals surface area contributed by atoms with Gasteiger partial charge < -0.3 is 16.0 Å². The minimum atomic E-state index is 0.0874. The predicted octanol–water partition coefficient (Wildman–Crippen LogP) is 1.41. The molecule has 1 aliphatic rings. The maximum absolute atomic E-state index is 11.3. The van der Waals surface area contributed by atoms with Crippen molar-refractivity contribution in [1.82, 2.24) is 5.32 Å². The number of hydrogen-bond acceptors (Lipinski definition) is 3. The Labute approximate surface area is 120 Å². The van der Waals surface area contributed by atoms with Crippen LogP contribution >= 0.6 is 28.1 Å². The van der Waals surface area contributed by atoms with E-state index in [9.17, 15) is 4.79 Å². The highest BCUT2D eigenvalue weighted by atomic mass is 79.9. The van der Waals surface area contributed by atoms with Gasteiger partial charge in [-0.05, 0) is 18.2 Å². The Morgan fingerprint density at radius 2 is 2.22 bits per heavy atom. The molecule has 2 rings (SSSR count). The lowest BCUT2D eigenvalue weighted by Crippen LogP contribution is -2.30. The Morgan fingerprint density at radius 1 is 1.44 bits per heavy atom. The Bertz CT molecular complexity index is 492. The monoisotopic (exact) mass is 327 g/mol. The maximum Gasteiger partial charge on any atom is 0.221 e. The molecular weight excluding hydrogens is 314 g/mol. The number of nitrogens with one attached hydrogen (secondary N) is 1. The van der Waals surface area contributed by atoms with Crippen molar-refractivity contribution in [2.24, 2.45) is 5.73 Å². The third-order valence-corrected chi connectivity index (χ3v) is 3.59. The number of benzene rings is 1. The van der Waals surface area contributed by atoms with E-state index in [2.05, 4.69) is 26.1 Å². The van der Waals surface area contributed by atoms with Crippen molar-refractivity contribution in [3.05, 3.63) is 28.2 Å². The summed E-state index contributed by atoms with van der Waals surface area (Å²) in [5.41, 5.74) is 7.57. The zero-order valence-corrected chi connectivity index (χ0v) is 12.2. The Balaban J connectivity index is 2.33. The molecule has 0 atom stereocenters. The number of hydrogen-bond donors (Lipinski definition) is 2. The molecule has 1 aromatic carbocycles. The lowest BCUT2D eigenvalue weighted by molar-refractivity contribution is -0.120. The number of thiocarbonyl (C=S) groups is 1. The van der Waals surface area contributed by atoms with Crippen LogP contribution in [0.1, 0.15) is 12.0 Å². The van der Waals surface area contributed by atoms with Crippen LogP contribution in [0.25, 0.3) is 0 Å². The maximum atomic E-state index is 11.3. The molecular formula is C12H14BrN3OS. The second-order valence-electron chi connectivity index (χ2n) is 4.11. The van der Waals surface area contributed by atoms with Gasteiger partial charge in [-0.25, -0.2) is 0 Å². The molecule has 1 aliphatic heterocycles. The van der Waals surface area contributed by atoms with Crippen molar-refractivity contribution in [3.8, 4) is 0 Å². The van der Waals surface area contributed by atoms with E-state index in [1.165, 1.54) is 0 Å². The number of nitrogens with zero attached hydrogens (tertiary/aromatic N) is 1. The van der Waals surface area contributed by atoms with Crippen LogP contribution in [0.5, 0.6) is 0 Å². The molecule has 0 aliphatic carbocycles. The van der Waals surface area contributed by atoms with Gasteiger partial charge in [0.05, 0.1) is 0 Å². The third-order valence-electron chi connectivity index (χ3n) is 2.88. The first kappa shape index (κ1) is 13.3. The Hall–Kier alpha value is -1.14. The number of anilines is 1. The quantitative estimate of drug-likeness (QED) is 0.806. The van der Waals surface area contributed by atoms with Crippen molar-refractivity contribution in [2.45, 2.75) is 6.42 Å². The van der Waals surface area contributed by atoms with Crippen LogP contribution in [-0.4, -0.2) is 30.5 Å². The first-order valence-electron chi connectivity index (χ1n) is 5.69. The highest BCUT2D eigenvalue weighted by Crippen LogP contribution is 2.25. The zero-order chi connectivity index (χ0) is 13.1. The topological polar surface area (TPSA) is 58.4 Å². The molecule has 1 aromatic rings. The molecule has 1 heterocycles. The van der Waals surface area contributed by atoms with Crippen molar-refractivity contribution < 1.29 is 4.79 Å². The summed E-state index contributed by atoms with van der Waals surface area (Å²) in [6.45, 7) is 2.08. The van der Waals surface area contributed by atoms with E-state index < -0.39 is 0 Å². The van der Waals surface area contributed by atoms with Gasteiger partial charge in [-0.3, -0.25) is 4.79 Å². The molecule has 0 spiro atoms. The molecule has 3 N–H and O–H groups in total. The fourth-order valence-corrected chi connectivity index (χ4v) is 2.50. The molecule has 0 unspecified atom stereocenters. The van der Waals surface area contributed by atoms with Gasteiger partial charge in [0, 0.05) is 41.8 Å². The van der Waals surface area contributed by atoms with Crippen LogP contribution in [0.2, 0.25) is 0 Å². The first-order chi connectivity index (χ1) is 8.58. The van der Waals surface area contributed by atoms with Crippen molar-refractivity contribution >= 4 is 44.7 Å². The highest BCUT2D eigenvalue weighted by molar-refractivity contribution is 9.10. The average molecular weight is 328 g/mol. The van der Waals surface area contributed by atoms with Gasteiger partial charge in [0.1, 0.15) is 4.99 Å². The number of carbonyl (C=O) groups is 1. The highest BCUT2D eigenvalue weighted by Gasteiger charge is 2.17. The van der Waals surface area contributed by atoms with E-state index in [0.29, 0.717) is 24.5 Å². The van der Waals surface area contributed by atoms with Crippen LogP contribution in [-0.2, 0) is 4.79 Å². The largest absolute Gasteiger partial charge is 0.389 e. The second-order valence-corrected chi connectivity index (χ2v) is 5.47. The van der Waals surface area contributed by atoms with E-state index >= 15 is 0 Å². The molecule has 0 aromatic heterocycles. The van der Waals surface area contributed by atoms with Crippen LogP contribution in [0, 0.1) is 0 Å². The van der Waals surface area contributed by atoms with E-state index in [0.717, 1.165) is 22.3 Å². The minimum absolute atomic E-state index is 0.0874. The summed E-state index contributed by atoms with van der Waals surface area (Å²) >= 11 is 8.52. The molecule has 4 nitrogen and oxygen atoms in total. The molecule has 0 bridgehead atoms. The first-order valence-corrected chi connectivity index (χ1v) is 6.89. The van der Waals surface area contributed by atoms with Crippen LogP contribution in [0.15, 0.2) is 22.7 Å². The molecule has 1 amide bonds. The summed E-state index contributed by atoms with van der Waals surface area (Å²) in [6.07, 6.45) is 0.489. The smallest absolute Gasteiger partial charge is 0.221 e. The summed E-state index contributed by atoms with van der Waals surface area (Å²) in [5, 5.41) is 2.85. The van der Waals surface area contributed by atoms with E-state index in [1.54, 1.807) is 0 Å². The van der Waals surface area contributed by atoms with Crippen LogP contribution in [0.3, 0.4) is 0 Å². The molecule has 18 heavy (non-hydrogen) atoms. The Kier molecular flexibility index (Phi) is 4.19. The van der Waals surface area contributed by atoms with Crippen molar-refractivity contribution in [2.75, 3.05) is 24.5 Å². The van der Waals surface area contributed by atoms with Gasteiger partial charge in [-0.15, -0.1) is 0 Å². The normalized spacial score (nSPS) is 16.1. The van der Waals surface area contributed by atoms with Crippen molar-refractivity contribution in [3.63, 3.8) is 0 Å². The van der Waals surface area contributed by atoms with Gasteiger partial charge in [0.15, 0.2) is 0 Å². The molecule has 0 radical (unpaired) electrons. The van der Waals surface area contributed by atoms with Crippen LogP contribution in [0.4, 0.5) is 5.69 Å². The fraction of sp³-hybridized carbons (Fsp3) is 0.333. The van der Waals surface area contributed by atoms with E-state index in [1.807, 2.05) is 18.2 Å². The summed E-state index contributed by atoms with van der Waals surface area (Å²) in [6, 6.07) is 5.81. The third kappa shape index (κ3) is 3.00. The minimum Gasteiger partial charge on any atom is -0.389 e. The SMILES string of the molecule is NC(=S)c1ccc(Br)cc1N1CCNC(=O)CC1. The molecule has 6 heteroatoms. The standard InChI is InChI=1S/C12H14BrN3OS/c13-8-1-2-9(12(14)18)10(7-8)16-5-3-11(17)15-4-6-16/h1-2,7H,3-6H2,(H2,14,18)(H,15,17).